The fraction of sp³-hybridized carbons (Fsp3) is 0.278. The van der Waals surface area contributed by atoms with E-state index in [4.69, 9.17) is 4.74 Å². The number of likely N-dealkylation sites (N-methyl/N-ethyl adjacent to an activating group) is 1. The van der Waals surface area contributed by atoms with E-state index in [0.29, 0.717) is 13.2 Å². The molecule has 0 aliphatic heterocycles. The van der Waals surface area contributed by atoms with Crippen molar-refractivity contribution >= 4 is 21.8 Å². The second-order valence-electron chi connectivity index (χ2n) is 5.35. The van der Waals surface area contributed by atoms with Gasteiger partial charge in [-0.2, -0.15) is 0 Å². The van der Waals surface area contributed by atoms with Crippen LogP contribution in [0.5, 0.6) is 5.75 Å². The summed E-state index contributed by atoms with van der Waals surface area (Å²) in [4.78, 5) is 14.2. The number of nitrogens with zero attached hydrogens (tertiary/aromatic N) is 1. The zero-order valence-corrected chi connectivity index (χ0v) is 14.7. The SMILES string of the molecule is Cc1ccc(C)c(C(=O)N(C)CCOc2ccc(Br)cc2)c1. The second kappa shape index (κ2) is 7.45. The van der Waals surface area contributed by atoms with Gasteiger partial charge < -0.3 is 9.64 Å². The van der Waals surface area contributed by atoms with Crippen LogP contribution in [0.2, 0.25) is 0 Å². The molecule has 0 spiro atoms. The predicted molar refractivity (Wildman–Crippen MR) is 92.5 cm³/mol. The summed E-state index contributed by atoms with van der Waals surface area (Å²) in [6, 6.07) is 13.6. The Morgan fingerprint density at radius 3 is 2.50 bits per heavy atom. The molecule has 0 saturated heterocycles. The third-order valence-electron chi connectivity index (χ3n) is 3.48. The number of benzene rings is 2. The van der Waals surface area contributed by atoms with Gasteiger partial charge >= 0.3 is 0 Å². The Morgan fingerprint density at radius 2 is 1.82 bits per heavy atom. The number of aryl methyl sites for hydroxylation is 2. The van der Waals surface area contributed by atoms with Crippen LogP contribution < -0.4 is 4.74 Å². The molecule has 0 fully saturated rings. The Balaban J connectivity index is 1.91. The molecule has 4 heteroatoms. The zero-order chi connectivity index (χ0) is 16.1. The minimum Gasteiger partial charge on any atom is -0.492 e. The molecule has 2 aromatic rings. The Morgan fingerprint density at radius 1 is 1.14 bits per heavy atom. The Kier molecular flexibility index (Phi) is 5.61. The normalized spacial score (nSPS) is 10.4. The second-order valence-corrected chi connectivity index (χ2v) is 6.26. The van der Waals surface area contributed by atoms with Crippen LogP contribution in [0.25, 0.3) is 0 Å². The van der Waals surface area contributed by atoms with Crippen LogP contribution in [0.4, 0.5) is 0 Å². The number of ether oxygens (including phenoxy) is 1. The molecule has 0 N–H and O–H groups in total. The molecule has 1 amide bonds. The molecule has 0 radical (unpaired) electrons. The first-order valence-electron chi connectivity index (χ1n) is 7.18. The first kappa shape index (κ1) is 16.6. The summed E-state index contributed by atoms with van der Waals surface area (Å²) >= 11 is 3.39. The van der Waals surface area contributed by atoms with E-state index in [1.807, 2.05) is 56.3 Å². The minimum atomic E-state index is 0.0283. The molecule has 0 aromatic heterocycles. The van der Waals surface area contributed by atoms with Gasteiger partial charge in [-0.3, -0.25) is 4.79 Å². The van der Waals surface area contributed by atoms with Crippen molar-refractivity contribution in [3.63, 3.8) is 0 Å². The predicted octanol–water partition coefficient (Wildman–Crippen LogP) is 4.22. The van der Waals surface area contributed by atoms with Crippen molar-refractivity contribution in [2.24, 2.45) is 0 Å². The summed E-state index contributed by atoms with van der Waals surface area (Å²) in [5.74, 6) is 0.830. The quantitative estimate of drug-likeness (QED) is 0.797. The number of amides is 1. The zero-order valence-electron chi connectivity index (χ0n) is 13.1. The third-order valence-corrected chi connectivity index (χ3v) is 4.01. The number of hydrogen-bond donors (Lipinski definition) is 0. The van der Waals surface area contributed by atoms with Gasteiger partial charge in [0.05, 0.1) is 6.54 Å². The lowest BCUT2D eigenvalue weighted by Crippen LogP contribution is -2.31. The molecule has 0 aliphatic rings. The van der Waals surface area contributed by atoms with Crippen LogP contribution in [0.15, 0.2) is 46.9 Å². The first-order valence-corrected chi connectivity index (χ1v) is 7.98. The smallest absolute Gasteiger partial charge is 0.253 e. The number of rotatable bonds is 5. The van der Waals surface area contributed by atoms with Crippen LogP contribution in [0, 0.1) is 13.8 Å². The van der Waals surface area contributed by atoms with Crippen molar-refractivity contribution in [2.45, 2.75) is 13.8 Å². The van der Waals surface area contributed by atoms with E-state index < -0.39 is 0 Å². The summed E-state index contributed by atoms with van der Waals surface area (Å²) in [5.41, 5.74) is 2.84. The topological polar surface area (TPSA) is 29.5 Å². The van der Waals surface area contributed by atoms with Gasteiger partial charge in [-0.05, 0) is 49.7 Å². The molecular weight excluding hydrogens is 342 g/mol. The summed E-state index contributed by atoms with van der Waals surface area (Å²) in [7, 11) is 1.80. The summed E-state index contributed by atoms with van der Waals surface area (Å²) in [6.07, 6.45) is 0. The average Bonchev–Trinajstić information content (AvgIpc) is 2.51. The van der Waals surface area contributed by atoms with Crippen LogP contribution in [-0.4, -0.2) is 31.0 Å². The van der Waals surface area contributed by atoms with E-state index in [2.05, 4.69) is 15.9 Å². The fourth-order valence-electron chi connectivity index (χ4n) is 2.10. The van der Waals surface area contributed by atoms with Gasteiger partial charge in [0.1, 0.15) is 12.4 Å². The van der Waals surface area contributed by atoms with Crippen molar-refractivity contribution in [1.29, 1.82) is 0 Å². The molecule has 0 unspecified atom stereocenters. The Hall–Kier alpha value is -1.81. The van der Waals surface area contributed by atoms with Crippen LogP contribution >= 0.6 is 15.9 Å². The lowest BCUT2D eigenvalue weighted by atomic mass is 10.0. The van der Waals surface area contributed by atoms with E-state index >= 15 is 0 Å². The molecule has 0 heterocycles. The maximum atomic E-state index is 12.5. The van der Waals surface area contributed by atoms with Gasteiger partial charge in [0.15, 0.2) is 0 Å². The lowest BCUT2D eigenvalue weighted by Gasteiger charge is -2.19. The van der Waals surface area contributed by atoms with Crippen molar-refractivity contribution in [1.82, 2.24) is 4.90 Å². The van der Waals surface area contributed by atoms with E-state index in [0.717, 1.165) is 26.9 Å². The van der Waals surface area contributed by atoms with Gasteiger partial charge in [0, 0.05) is 17.1 Å². The molecule has 3 nitrogen and oxygen atoms in total. The first-order chi connectivity index (χ1) is 10.5. The van der Waals surface area contributed by atoms with Crippen molar-refractivity contribution < 1.29 is 9.53 Å². The van der Waals surface area contributed by atoms with Gasteiger partial charge in [-0.15, -0.1) is 0 Å². The highest BCUT2D eigenvalue weighted by Gasteiger charge is 2.14. The van der Waals surface area contributed by atoms with Crippen LogP contribution in [-0.2, 0) is 0 Å². The highest BCUT2D eigenvalue weighted by molar-refractivity contribution is 9.10. The third kappa shape index (κ3) is 4.34. The molecule has 22 heavy (non-hydrogen) atoms. The molecule has 0 bridgehead atoms. The van der Waals surface area contributed by atoms with Gasteiger partial charge in [0.2, 0.25) is 0 Å². The van der Waals surface area contributed by atoms with Gasteiger partial charge in [0.25, 0.3) is 5.91 Å². The molecule has 0 aliphatic carbocycles. The monoisotopic (exact) mass is 361 g/mol. The molecule has 0 saturated carbocycles. The molecule has 116 valence electrons. The Labute approximate surface area is 140 Å². The van der Waals surface area contributed by atoms with E-state index in [1.54, 1.807) is 11.9 Å². The van der Waals surface area contributed by atoms with Gasteiger partial charge in [-0.25, -0.2) is 0 Å². The molecule has 0 atom stereocenters. The lowest BCUT2D eigenvalue weighted by molar-refractivity contribution is 0.0773. The fourth-order valence-corrected chi connectivity index (χ4v) is 2.37. The van der Waals surface area contributed by atoms with Crippen molar-refractivity contribution in [2.75, 3.05) is 20.2 Å². The number of carbonyl (C=O) groups excluding carboxylic acids is 1. The van der Waals surface area contributed by atoms with Crippen LogP contribution in [0.3, 0.4) is 0 Å². The maximum absolute atomic E-state index is 12.5. The maximum Gasteiger partial charge on any atom is 0.253 e. The minimum absolute atomic E-state index is 0.0283. The molecule has 2 aromatic carbocycles. The van der Waals surface area contributed by atoms with E-state index in [9.17, 15) is 4.79 Å². The largest absolute Gasteiger partial charge is 0.492 e. The number of halogens is 1. The standard InChI is InChI=1S/C18H20BrNO2/c1-13-4-5-14(2)17(12-13)18(21)20(3)10-11-22-16-8-6-15(19)7-9-16/h4-9,12H,10-11H2,1-3H3. The summed E-state index contributed by atoms with van der Waals surface area (Å²) in [6.45, 7) is 4.96. The number of carbonyl (C=O) groups is 1. The van der Waals surface area contributed by atoms with E-state index in [-0.39, 0.29) is 5.91 Å². The molecule has 2 rings (SSSR count). The van der Waals surface area contributed by atoms with Crippen molar-refractivity contribution in [3.05, 3.63) is 63.6 Å². The number of hydrogen-bond acceptors (Lipinski definition) is 2. The highest BCUT2D eigenvalue weighted by Crippen LogP contribution is 2.16. The van der Waals surface area contributed by atoms with E-state index in [1.165, 1.54) is 0 Å². The molecular formula is C18H20BrNO2. The highest BCUT2D eigenvalue weighted by atomic mass is 79.9. The summed E-state index contributed by atoms with van der Waals surface area (Å²) < 4.78 is 6.67. The summed E-state index contributed by atoms with van der Waals surface area (Å²) in [5, 5.41) is 0. The Bertz CT molecular complexity index is 653. The van der Waals surface area contributed by atoms with Crippen molar-refractivity contribution in [3.8, 4) is 5.75 Å². The average molecular weight is 362 g/mol. The van der Waals surface area contributed by atoms with Crippen LogP contribution in [0.1, 0.15) is 21.5 Å². The van der Waals surface area contributed by atoms with Gasteiger partial charge in [-0.1, -0.05) is 33.6 Å².